The van der Waals surface area contributed by atoms with E-state index in [0.717, 1.165) is 17.1 Å². The van der Waals surface area contributed by atoms with Crippen molar-refractivity contribution in [1.82, 2.24) is 4.31 Å². The third-order valence-corrected chi connectivity index (χ3v) is 5.24. The molecule has 7 heteroatoms. The fourth-order valence-corrected chi connectivity index (χ4v) is 3.07. The number of aliphatic carboxylic acids is 1. The van der Waals surface area contributed by atoms with Crippen LogP contribution in [0.2, 0.25) is 0 Å². The molecule has 0 aromatic carbocycles. The zero-order chi connectivity index (χ0) is 12.5. The van der Waals surface area contributed by atoms with Gasteiger partial charge in [-0.05, 0) is 25.7 Å². The third kappa shape index (κ3) is 2.53. The van der Waals surface area contributed by atoms with Gasteiger partial charge in [-0.15, -0.1) is 0 Å². The van der Waals surface area contributed by atoms with Gasteiger partial charge in [0, 0.05) is 19.6 Å². The Bertz CT molecular complexity index is 364. The lowest BCUT2D eigenvalue weighted by Gasteiger charge is -2.27. The van der Waals surface area contributed by atoms with Gasteiger partial charge in [-0.1, -0.05) is 0 Å². The van der Waals surface area contributed by atoms with Crippen LogP contribution >= 0.6 is 0 Å². The standard InChI is InChI=1S/C9H18N2O4S/c1-6(9(12)13)16(14,15)11(2)8(5-10)7-3-4-7/h6-8H,3-5,10H2,1-2H3,(H,12,13). The molecule has 0 amide bonds. The summed E-state index contributed by atoms with van der Waals surface area (Å²) in [5.74, 6) is -1.05. The van der Waals surface area contributed by atoms with Gasteiger partial charge in [-0.25, -0.2) is 8.42 Å². The molecule has 0 radical (unpaired) electrons. The third-order valence-electron chi connectivity index (χ3n) is 3.07. The van der Waals surface area contributed by atoms with Crippen LogP contribution in [0.3, 0.4) is 0 Å². The Morgan fingerprint density at radius 2 is 2.06 bits per heavy atom. The largest absolute Gasteiger partial charge is 0.480 e. The van der Waals surface area contributed by atoms with Crippen molar-refractivity contribution in [2.75, 3.05) is 13.6 Å². The molecule has 1 rings (SSSR count). The lowest BCUT2D eigenvalue weighted by Crippen LogP contribution is -2.48. The second kappa shape index (κ2) is 4.68. The van der Waals surface area contributed by atoms with Gasteiger partial charge in [0.05, 0.1) is 0 Å². The molecule has 2 unspecified atom stereocenters. The first-order chi connectivity index (χ1) is 7.32. The minimum absolute atomic E-state index is 0.229. The molecule has 1 fully saturated rings. The number of hydrogen-bond acceptors (Lipinski definition) is 4. The SMILES string of the molecule is CC(C(=O)O)S(=O)(=O)N(C)C(CN)C1CC1. The Morgan fingerprint density at radius 3 is 2.38 bits per heavy atom. The highest BCUT2D eigenvalue weighted by Gasteiger charge is 2.41. The van der Waals surface area contributed by atoms with Crippen LogP contribution in [-0.2, 0) is 14.8 Å². The molecule has 6 nitrogen and oxygen atoms in total. The van der Waals surface area contributed by atoms with Gasteiger partial charge in [0.2, 0.25) is 10.0 Å². The number of sulfonamides is 1. The summed E-state index contributed by atoms with van der Waals surface area (Å²) in [6.07, 6.45) is 1.92. The van der Waals surface area contributed by atoms with Gasteiger partial charge in [-0.3, -0.25) is 4.79 Å². The molecule has 16 heavy (non-hydrogen) atoms. The predicted octanol–water partition coefficient (Wildman–Crippen LogP) is -0.542. The summed E-state index contributed by atoms with van der Waals surface area (Å²) in [4.78, 5) is 10.7. The van der Waals surface area contributed by atoms with Crippen LogP contribution in [-0.4, -0.2) is 48.7 Å². The maximum absolute atomic E-state index is 11.9. The molecule has 1 saturated carbocycles. The quantitative estimate of drug-likeness (QED) is 0.659. The maximum Gasteiger partial charge on any atom is 0.323 e. The maximum atomic E-state index is 11.9. The van der Waals surface area contributed by atoms with Gasteiger partial charge in [-0.2, -0.15) is 4.31 Å². The zero-order valence-corrected chi connectivity index (χ0v) is 10.3. The Kier molecular flexibility index (Phi) is 3.92. The molecular formula is C9H18N2O4S. The summed E-state index contributed by atoms with van der Waals surface area (Å²) in [6.45, 7) is 1.40. The van der Waals surface area contributed by atoms with E-state index in [-0.39, 0.29) is 18.5 Å². The summed E-state index contributed by atoms with van der Waals surface area (Å²) >= 11 is 0. The van der Waals surface area contributed by atoms with Crippen LogP contribution in [0.1, 0.15) is 19.8 Å². The molecule has 0 spiro atoms. The first-order valence-corrected chi connectivity index (χ1v) is 6.72. The van der Waals surface area contributed by atoms with Crippen LogP contribution in [0.15, 0.2) is 0 Å². The molecule has 2 atom stereocenters. The molecule has 1 aliphatic rings. The molecule has 94 valence electrons. The van der Waals surface area contributed by atoms with Gasteiger partial charge >= 0.3 is 5.97 Å². The normalized spacial score (nSPS) is 20.8. The second-order valence-electron chi connectivity index (χ2n) is 4.18. The van der Waals surface area contributed by atoms with Gasteiger partial charge in [0.1, 0.15) is 0 Å². The highest BCUT2D eigenvalue weighted by Crippen LogP contribution is 2.35. The van der Waals surface area contributed by atoms with Crippen molar-refractivity contribution < 1.29 is 18.3 Å². The minimum atomic E-state index is -3.80. The Morgan fingerprint density at radius 1 is 1.56 bits per heavy atom. The molecule has 0 aromatic rings. The molecule has 0 heterocycles. The Hall–Kier alpha value is -0.660. The average Bonchev–Trinajstić information content (AvgIpc) is 3.01. The highest BCUT2D eigenvalue weighted by molar-refractivity contribution is 7.90. The van der Waals surface area contributed by atoms with Crippen LogP contribution in [0.4, 0.5) is 0 Å². The number of carboxylic acid groups (broad SMARTS) is 1. The number of nitrogens with zero attached hydrogens (tertiary/aromatic N) is 1. The summed E-state index contributed by atoms with van der Waals surface area (Å²) in [6, 6.07) is -0.271. The Labute approximate surface area is 95.5 Å². The fourth-order valence-electron chi connectivity index (χ4n) is 1.68. The first-order valence-electron chi connectivity index (χ1n) is 5.22. The van der Waals surface area contributed by atoms with E-state index < -0.39 is 21.2 Å². The summed E-state index contributed by atoms with van der Waals surface area (Å²) < 4.78 is 24.9. The smallest absolute Gasteiger partial charge is 0.323 e. The van der Waals surface area contributed by atoms with E-state index in [9.17, 15) is 13.2 Å². The molecule has 3 N–H and O–H groups in total. The number of carbonyl (C=O) groups is 1. The molecule has 0 bridgehead atoms. The molecule has 0 aromatic heterocycles. The topological polar surface area (TPSA) is 101 Å². The van der Waals surface area contributed by atoms with E-state index in [1.54, 1.807) is 0 Å². The van der Waals surface area contributed by atoms with Crippen molar-refractivity contribution in [2.45, 2.75) is 31.1 Å². The van der Waals surface area contributed by atoms with Gasteiger partial charge < -0.3 is 10.8 Å². The zero-order valence-electron chi connectivity index (χ0n) is 9.46. The van der Waals surface area contributed by atoms with E-state index in [1.165, 1.54) is 14.0 Å². The van der Waals surface area contributed by atoms with Gasteiger partial charge in [0.25, 0.3) is 0 Å². The van der Waals surface area contributed by atoms with E-state index in [2.05, 4.69) is 0 Å². The van der Waals surface area contributed by atoms with Crippen molar-refractivity contribution in [1.29, 1.82) is 0 Å². The summed E-state index contributed by atoms with van der Waals surface area (Å²) in [7, 11) is -2.39. The number of hydrogen-bond donors (Lipinski definition) is 2. The summed E-state index contributed by atoms with van der Waals surface area (Å²) in [5.41, 5.74) is 5.53. The molecule has 1 aliphatic carbocycles. The van der Waals surface area contributed by atoms with Crippen LogP contribution < -0.4 is 5.73 Å². The van der Waals surface area contributed by atoms with Crippen LogP contribution in [0.5, 0.6) is 0 Å². The molecular weight excluding hydrogens is 232 g/mol. The number of carboxylic acids is 1. The predicted molar refractivity (Wildman–Crippen MR) is 59.3 cm³/mol. The monoisotopic (exact) mass is 250 g/mol. The minimum Gasteiger partial charge on any atom is -0.480 e. The van der Waals surface area contributed by atoms with E-state index in [4.69, 9.17) is 10.8 Å². The van der Waals surface area contributed by atoms with Crippen molar-refractivity contribution >= 4 is 16.0 Å². The van der Waals surface area contributed by atoms with Crippen LogP contribution in [0.25, 0.3) is 0 Å². The van der Waals surface area contributed by atoms with Crippen molar-refractivity contribution in [3.63, 3.8) is 0 Å². The van der Waals surface area contributed by atoms with Gasteiger partial charge in [0.15, 0.2) is 5.25 Å². The first kappa shape index (κ1) is 13.4. The Balaban J connectivity index is 2.85. The van der Waals surface area contributed by atoms with Crippen molar-refractivity contribution in [2.24, 2.45) is 11.7 Å². The second-order valence-corrected chi connectivity index (χ2v) is 6.50. The number of likely N-dealkylation sites (N-methyl/N-ethyl adjacent to an activating group) is 1. The molecule has 0 saturated heterocycles. The van der Waals surface area contributed by atoms with Crippen molar-refractivity contribution in [3.8, 4) is 0 Å². The fraction of sp³-hybridized carbons (Fsp3) is 0.889. The average molecular weight is 250 g/mol. The lowest BCUT2D eigenvalue weighted by molar-refractivity contribution is -0.136. The summed E-state index contributed by atoms with van der Waals surface area (Å²) in [5, 5.41) is 7.31. The van der Waals surface area contributed by atoms with Crippen molar-refractivity contribution in [3.05, 3.63) is 0 Å². The highest BCUT2D eigenvalue weighted by atomic mass is 32.2. The molecule has 0 aliphatic heterocycles. The number of rotatable bonds is 6. The van der Waals surface area contributed by atoms with Crippen LogP contribution in [0, 0.1) is 5.92 Å². The lowest BCUT2D eigenvalue weighted by atomic mass is 10.2. The van der Waals surface area contributed by atoms with E-state index >= 15 is 0 Å². The number of nitrogens with two attached hydrogens (primary N) is 1. The van der Waals surface area contributed by atoms with E-state index in [0.29, 0.717) is 0 Å². The van der Waals surface area contributed by atoms with E-state index in [1.807, 2.05) is 0 Å².